The Bertz CT molecular complexity index is 1060. The van der Waals surface area contributed by atoms with E-state index in [1.165, 1.54) is 23.2 Å². The smallest absolute Gasteiger partial charge is 0.293 e. The number of ether oxygens (including phenoxy) is 1. The topological polar surface area (TPSA) is 77.3 Å². The van der Waals surface area contributed by atoms with Gasteiger partial charge in [0.05, 0.1) is 6.26 Å². The van der Waals surface area contributed by atoms with Crippen molar-refractivity contribution in [1.29, 1.82) is 0 Å². The molecule has 4 aromatic rings. The SMILES string of the molecule is O=C(Nc1nnc(SCc2ccccc2)s1)c1occc1COc1ccccc1. The lowest BCUT2D eigenvalue weighted by Gasteiger charge is -2.06. The molecule has 29 heavy (non-hydrogen) atoms. The Kier molecular flexibility index (Phi) is 6.23. The Morgan fingerprint density at radius 3 is 2.59 bits per heavy atom. The minimum atomic E-state index is -0.377. The summed E-state index contributed by atoms with van der Waals surface area (Å²) in [5.74, 6) is 1.35. The first-order chi connectivity index (χ1) is 14.3. The molecule has 0 atom stereocenters. The van der Waals surface area contributed by atoms with E-state index < -0.39 is 0 Å². The summed E-state index contributed by atoms with van der Waals surface area (Å²) in [7, 11) is 0. The first kappa shape index (κ1) is 19.2. The molecule has 2 aromatic heterocycles. The molecular weight excluding hydrogens is 406 g/mol. The van der Waals surface area contributed by atoms with E-state index in [0.29, 0.717) is 10.7 Å². The van der Waals surface area contributed by atoms with Crippen LogP contribution in [0.1, 0.15) is 21.7 Å². The van der Waals surface area contributed by atoms with E-state index in [9.17, 15) is 4.79 Å². The van der Waals surface area contributed by atoms with Crippen molar-refractivity contribution >= 4 is 34.1 Å². The van der Waals surface area contributed by atoms with Gasteiger partial charge in [-0.25, -0.2) is 0 Å². The van der Waals surface area contributed by atoms with Crippen LogP contribution in [0.15, 0.2) is 81.8 Å². The molecule has 4 rings (SSSR count). The standard InChI is InChI=1S/C21H17N3O3S2/c25-19(18-16(11-12-26-18)13-27-17-9-5-2-6-10-17)22-20-23-24-21(29-20)28-14-15-7-3-1-4-8-15/h1-12H,13-14H2,(H,22,23,25). The lowest BCUT2D eigenvalue weighted by molar-refractivity contribution is 0.0993. The number of hydrogen-bond acceptors (Lipinski definition) is 7. The second kappa shape index (κ2) is 9.40. The number of anilines is 1. The Morgan fingerprint density at radius 2 is 1.79 bits per heavy atom. The summed E-state index contributed by atoms with van der Waals surface area (Å²) in [5, 5.41) is 11.3. The Hall–Kier alpha value is -3.10. The normalized spacial score (nSPS) is 10.6. The molecule has 0 aliphatic carbocycles. The van der Waals surface area contributed by atoms with Gasteiger partial charge in [0.15, 0.2) is 10.1 Å². The van der Waals surface area contributed by atoms with Crippen molar-refractivity contribution < 1.29 is 13.9 Å². The minimum absolute atomic E-state index is 0.203. The number of amides is 1. The molecular formula is C21H17N3O3S2. The average Bonchev–Trinajstić information content (AvgIpc) is 3.41. The second-order valence-electron chi connectivity index (χ2n) is 5.98. The Morgan fingerprint density at radius 1 is 1.03 bits per heavy atom. The zero-order valence-corrected chi connectivity index (χ0v) is 16.9. The number of hydrogen-bond donors (Lipinski definition) is 1. The number of thioether (sulfide) groups is 1. The fourth-order valence-corrected chi connectivity index (χ4v) is 4.22. The number of carbonyl (C=O) groups excluding carboxylic acids is 1. The maximum atomic E-state index is 12.6. The van der Waals surface area contributed by atoms with E-state index in [1.807, 2.05) is 48.5 Å². The van der Waals surface area contributed by atoms with E-state index in [0.717, 1.165) is 15.8 Å². The van der Waals surface area contributed by atoms with Crippen molar-refractivity contribution in [3.8, 4) is 5.75 Å². The molecule has 1 N–H and O–H groups in total. The van der Waals surface area contributed by atoms with Crippen LogP contribution in [-0.4, -0.2) is 16.1 Å². The van der Waals surface area contributed by atoms with Gasteiger partial charge < -0.3 is 9.15 Å². The monoisotopic (exact) mass is 423 g/mol. The molecule has 1 amide bonds. The second-order valence-corrected chi connectivity index (χ2v) is 8.18. The van der Waals surface area contributed by atoms with Gasteiger partial charge in [0.2, 0.25) is 5.13 Å². The number of aromatic nitrogens is 2. The van der Waals surface area contributed by atoms with Gasteiger partial charge in [-0.3, -0.25) is 10.1 Å². The third kappa shape index (κ3) is 5.24. The molecule has 8 heteroatoms. The summed E-state index contributed by atoms with van der Waals surface area (Å²) < 4.78 is 11.8. The van der Waals surface area contributed by atoms with Crippen LogP contribution in [0, 0.1) is 0 Å². The van der Waals surface area contributed by atoms with Crippen LogP contribution >= 0.6 is 23.1 Å². The maximum absolute atomic E-state index is 12.6. The first-order valence-electron chi connectivity index (χ1n) is 8.84. The predicted molar refractivity (Wildman–Crippen MR) is 113 cm³/mol. The van der Waals surface area contributed by atoms with Gasteiger partial charge >= 0.3 is 0 Å². The lowest BCUT2D eigenvalue weighted by Crippen LogP contribution is -2.13. The van der Waals surface area contributed by atoms with Gasteiger partial charge in [-0.05, 0) is 23.8 Å². The molecule has 0 saturated heterocycles. The molecule has 0 saturated carbocycles. The maximum Gasteiger partial charge on any atom is 0.293 e. The van der Waals surface area contributed by atoms with Crippen LogP contribution in [0.5, 0.6) is 5.75 Å². The number of carbonyl (C=O) groups is 1. The fraction of sp³-hybridized carbons (Fsp3) is 0.0952. The van der Waals surface area contributed by atoms with E-state index in [2.05, 4.69) is 27.6 Å². The molecule has 2 heterocycles. The summed E-state index contributed by atoms with van der Waals surface area (Å²) in [6.07, 6.45) is 1.47. The third-order valence-corrected chi connectivity index (χ3v) is 5.97. The molecule has 146 valence electrons. The number of para-hydroxylation sites is 1. The highest BCUT2D eigenvalue weighted by molar-refractivity contribution is 8.00. The van der Waals surface area contributed by atoms with Crippen LogP contribution in [0.3, 0.4) is 0 Å². The van der Waals surface area contributed by atoms with Crippen molar-refractivity contribution in [2.45, 2.75) is 16.7 Å². The van der Waals surface area contributed by atoms with Gasteiger partial charge in [-0.15, -0.1) is 10.2 Å². The zero-order valence-electron chi connectivity index (χ0n) is 15.3. The molecule has 0 aliphatic rings. The Labute approximate surface area is 175 Å². The molecule has 0 bridgehead atoms. The quantitative estimate of drug-likeness (QED) is 0.308. The van der Waals surface area contributed by atoms with Crippen molar-refractivity contribution in [2.24, 2.45) is 0 Å². The van der Waals surface area contributed by atoms with Crippen LogP contribution in [-0.2, 0) is 12.4 Å². The largest absolute Gasteiger partial charge is 0.489 e. The minimum Gasteiger partial charge on any atom is -0.489 e. The molecule has 2 aromatic carbocycles. The van der Waals surface area contributed by atoms with E-state index in [1.54, 1.807) is 17.8 Å². The third-order valence-electron chi connectivity index (χ3n) is 3.92. The highest BCUT2D eigenvalue weighted by Gasteiger charge is 2.18. The molecule has 0 spiro atoms. The Balaban J connectivity index is 1.34. The molecule has 6 nitrogen and oxygen atoms in total. The van der Waals surface area contributed by atoms with Crippen molar-refractivity contribution in [2.75, 3.05) is 5.32 Å². The number of nitrogens with zero attached hydrogens (tertiary/aromatic N) is 2. The number of rotatable bonds is 8. The summed E-state index contributed by atoms with van der Waals surface area (Å²) in [6, 6.07) is 21.2. The number of nitrogens with one attached hydrogen (secondary N) is 1. The van der Waals surface area contributed by atoms with E-state index in [-0.39, 0.29) is 18.3 Å². The van der Waals surface area contributed by atoms with Crippen molar-refractivity contribution in [1.82, 2.24) is 10.2 Å². The van der Waals surface area contributed by atoms with E-state index >= 15 is 0 Å². The average molecular weight is 424 g/mol. The molecule has 0 fully saturated rings. The van der Waals surface area contributed by atoms with Crippen LogP contribution in [0.4, 0.5) is 5.13 Å². The summed E-state index contributed by atoms with van der Waals surface area (Å²) in [4.78, 5) is 12.6. The van der Waals surface area contributed by atoms with Crippen LogP contribution in [0.25, 0.3) is 0 Å². The zero-order chi connectivity index (χ0) is 19.9. The summed E-state index contributed by atoms with van der Waals surface area (Å²) in [5.41, 5.74) is 1.87. The van der Waals surface area contributed by atoms with Gasteiger partial charge in [0.25, 0.3) is 5.91 Å². The van der Waals surface area contributed by atoms with Gasteiger partial charge in [0, 0.05) is 11.3 Å². The number of furan rings is 1. The van der Waals surface area contributed by atoms with Gasteiger partial charge in [0.1, 0.15) is 12.4 Å². The first-order valence-corrected chi connectivity index (χ1v) is 10.6. The predicted octanol–water partition coefficient (Wildman–Crippen LogP) is 5.25. The highest BCUT2D eigenvalue weighted by atomic mass is 32.2. The lowest BCUT2D eigenvalue weighted by atomic mass is 10.2. The van der Waals surface area contributed by atoms with Crippen molar-refractivity contribution in [3.63, 3.8) is 0 Å². The molecule has 0 aliphatic heterocycles. The fourth-order valence-electron chi connectivity index (χ4n) is 2.52. The van der Waals surface area contributed by atoms with Crippen LogP contribution in [0.2, 0.25) is 0 Å². The van der Waals surface area contributed by atoms with E-state index in [4.69, 9.17) is 9.15 Å². The van der Waals surface area contributed by atoms with Crippen molar-refractivity contribution in [3.05, 3.63) is 89.9 Å². The molecule has 0 unspecified atom stereocenters. The van der Waals surface area contributed by atoms with Gasteiger partial charge in [-0.1, -0.05) is 71.6 Å². The highest BCUT2D eigenvalue weighted by Crippen LogP contribution is 2.28. The van der Waals surface area contributed by atoms with Crippen LogP contribution < -0.4 is 10.1 Å². The summed E-state index contributed by atoms with van der Waals surface area (Å²) >= 11 is 2.91. The summed E-state index contributed by atoms with van der Waals surface area (Å²) in [6.45, 7) is 0.234. The number of benzene rings is 2. The molecule has 0 radical (unpaired) electrons. The van der Waals surface area contributed by atoms with Gasteiger partial charge in [-0.2, -0.15) is 0 Å².